The molecule has 4 heteroatoms. The molecular formula is C24H27NO3. The first-order chi connectivity index (χ1) is 13.4. The molecule has 1 fully saturated rings. The van der Waals surface area contributed by atoms with Crippen LogP contribution in [0, 0.1) is 0 Å². The number of carbonyl (C=O) groups is 1. The Bertz CT molecular complexity index is 882. The summed E-state index contributed by atoms with van der Waals surface area (Å²) in [5, 5.41) is 0. The van der Waals surface area contributed by atoms with E-state index in [2.05, 4.69) is 54.6 Å². The summed E-state index contributed by atoms with van der Waals surface area (Å²) < 4.78 is 11.4. The molecule has 2 aromatic carbocycles. The lowest BCUT2D eigenvalue weighted by Gasteiger charge is -2.44. The zero-order chi connectivity index (χ0) is 19.7. The van der Waals surface area contributed by atoms with Crippen molar-refractivity contribution >= 4 is 11.7 Å². The van der Waals surface area contributed by atoms with Gasteiger partial charge in [-0.25, -0.2) is 4.79 Å². The van der Waals surface area contributed by atoms with Gasteiger partial charge in [-0.05, 0) is 55.5 Å². The molecule has 2 bridgehead atoms. The molecule has 2 aliphatic rings. The summed E-state index contributed by atoms with van der Waals surface area (Å²) in [6, 6.07) is 19.0. The highest BCUT2D eigenvalue weighted by Gasteiger charge is 2.40. The molecule has 0 N–H and O–H groups in total. The molecule has 0 aromatic heterocycles. The number of carbonyl (C=O) groups excluding carboxylic acids is 1. The van der Waals surface area contributed by atoms with Crippen LogP contribution < -0.4 is 0 Å². The number of hydrogen-bond acceptors (Lipinski definition) is 3. The first-order valence-electron chi connectivity index (χ1n) is 9.86. The van der Waals surface area contributed by atoms with Crippen molar-refractivity contribution in [3.63, 3.8) is 0 Å². The van der Waals surface area contributed by atoms with Gasteiger partial charge in [-0.1, -0.05) is 54.6 Å². The Morgan fingerprint density at radius 3 is 2.43 bits per heavy atom. The van der Waals surface area contributed by atoms with Gasteiger partial charge in [-0.2, -0.15) is 0 Å². The normalized spacial score (nSPS) is 21.8. The molecule has 1 amide bonds. The van der Waals surface area contributed by atoms with E-state index < -0.39 is 5.60 Å². The summed E-state index contributed by atoms with van der Waals surface area (Å²) in [5.41, 5.74) is 4.40. The monoisotopic (exact) mass is 377 g/mol. The second kappa shape index (κ2) is 7.44. The fourth-order valence-corrected chi connectivity index (χ4v) is 3.94. The number of amides is 1. The first-order valence-corrected chi connectivity index (χ1v) is 9.86. The smallest absolute Gasteiger partial charge is 0.411 e. The largest absolute Gasteiger partial charge is 0.444 e. The van der Waals surface area contributed by atoms with E-state index in [0.717, 1.165) is 6.42 Å². The molecule has 2 atom stereocenters. The van der Waals surface area contributed by atoms with Crippen LogP contribution in [0.4, 0.5) is 4.79 Å². The van der Waals surface area contributed by atoms with E-state index in [1.807, 2.05) is 31.7 Å². The van der Waals surface area contributed by atoms with E-state index in [9.17, 15) is 4.79 Å². The van der Waals surface area contributed by atoms with Crippen LogP contribution in [0.3, 0.4) is 0 Å². The minimum atomic E-state index is -0.500. The number of rotatable bonds is 2. The second-order valence-electron chi connectivity index (χ2n) is 8.49. The summed E-state index contributed by atoms with van der Waals surface area (Å²) in [7, 11) is 0. The highest BCUT2D eigenvalue weighted by Crippen LogP contribution is 2.34. The number of hydrogen-bond donors (Lipinski definition) is 0. The van der Waals surface area contributed by atoms with Crippen LogP contribution in [0.1, 0.15) is 32.8 Å². The van der Waals surface area contributed by atoms with Gasteiger partial charge in [0.15, 0.2) is 0 Å². The number of benzene rings is 2. The number of nitrogens with zero attached hydrogens (tertiary/aromatic N) is 1. The van der Waals surface area contributed by atoms with Crippen LogP contribution in [-0.4, -0.2) is 41.9 Å². The third-order valence-electron chi connectivity index (χ3n) is 5.14. The Morgan fingerprint density at radius 1 is 1.00 bits per heavy atom. The quantitative estimate of drug-likeness (QED) is 0.727. The average Bonchev–Trinajstić information content (AvgIpc) is 2.66. The summed E-state index contributed by atoms with van der Waals surface area (Å²) in [6.45, 7) is 6.76. The van der Waals surface area contributed by atoms with E-state index in [1.165, 1.54) is 22.3 Å². The number of morpholine rings is 1. The van der Waals surface area contributed by atoms with Crippen molar-refractivity contribution in [3.05, 3.63) is 66.2 Å². The molecule has 0 spiro atoms. The van der Waals surface area contributed by atoms with Crippen LogP contribution in [0.5, 0.6) is 0 Å². The van der Waals surface area contributed by atoms with Gasteiger partial charge >= 0.3 is 6.09 Å². The minimum Gasteiger partial charge on any atom is -0.444 e. The van der Waals surface area contributed by atoms with E-state index >= 15 is 0 Å². The van der Waals surface area contributed by atoms with Crippen molar-refractivity contribution in [3.8, 4) is 11.1 Å². The standard InChI is InChI=1S/C24H27NO3/c1-24(2,3)28-23(26)25-21-13-20(14-22(25)16-27-15-21)19-11-7-10-18(12-19)17-8-5-4-6-9-17/h4-13,21-22H,14-16H2,1-3H3. The molecule has 4 nitrogen and oxygen atoms in total. The molecule has 2 heterocycles. The fourth-order valence-electron chi connectivity index (χ4n) is 3.94. The van der Waals surface area contributed by atoms with Gasteiger partial charge in [0.2, 0.25) is 0 Å². The molecule has 0 saturated carbocycles. The van der Waals surface area contributed by atoms with Gasteiger partial charge < -0.3 is 9.47 Å². The van der Waals surface area contributed by atoms with Gasteiger partial charge in [-0.3, -0.25) is 4.90 Å². The first kappa shape index (κ1) is 18.8. The van der Waals surface area contributed by atoms with Gasteiger partial charge in [0, 0.05) is 0 Å². The topological polar surface area (TPSA) is 38.8 Å². The third kappa shape index (κ3) is 3.97. The van der Waals surface area contributed by atoms with Crippen molar-refractivity contribution < 1.29 is 14.3 Å². The number of ether oxygens (including phenoxy) is 2. The molecule has 2 unspecified atom stereocenters. The fraction of sp³-hybridized carbons (Fsp3) is 0.375. The number of fused-ring (bicyclic) bond motifs is 2. The maximum atomic E-state index is 12.7. The SMILES string of the molecule is CC(C)(C)OC(=O)N1C2C=C(c3cccc(-c4ccccc4)c3)CC1COC2. The minimum absolute atomic E-state index is 0.00832. The van der Waals surface area contributed by atoms with Crippen molar-refractivity contribution in [1.29, 1.82) is 0 Å². The van der Waals surface area contributed by atoms with E-state index in [0.29, 0.717) is 13.2 Å². The lowest BCUT2D eigenvalue weighted by Crippen LogP contribution is -2.57. The highest BCUT2D eigenvalue weighted by atomic mass is 16.6. The second-order valence-corrected chi connectivity index (χ2v) is 8.49. The van der Waals surface area contributed by atoms with Gasteiger partial charge in [0.1, 0.15) is 5.60 Å². The summed E-state index contributed by atoms with van der Waals surface area (Å²) in [4.78, 5) is 14.6. The van der Waals surface area contributed by atoms with Crippen molar-refractivity contribution in [2.45, 2.75) is 44.9 Å². The molecule has 4 rings (SSSR count). The Morgan fingerprint density at radius 2 is 1.71 bits per heavy atom. The average molecular weight is 377 g/mol. The molecule has 0 radical (unpaired) electrons. The molecular weight excluding hydrogens is 350 g/mol. The van der Waals surface area contributed by atoms with Crippen molar-refractivity contribution in [2.75, 3.05) is 13.2 Å². The maximum Gasteiger partial charge on any atom is 0.411 e. The predicted octanol–water partition coefficient (Wildman–Crippen LogP) is 5.15. The summed E-state index contributed by atoms with van der Waals surface area (Å²) in [5.74, 6) is 0. The molecule has 2 aliphatic heterocycles. The van der Waals surface area contributed by atoms with Crippen LogP contribution >= 0.6 is 0 Å². The Balaban J connectivity index is 1.62. The summed E-state index contributed by atoms with van der Waals surface area (Å²) >= 11 is 0. The van der Waals surface area contributed by atoms with E-state index in [1.54, 1.807) is 0 Å². The van der Waals surface area contributed by atoms with Gasteiger partial charge in [0.05, 0.1) is 25.3 Å². The lowest BCUT2D eigenvalue weighted by atomic mass is 9.89. The molecule has 0 aliphatic carbocycles. The Hall–Kier alpha value is -2.59. The van der Waals surface area contributed by atoms with Crippen LogP contribution in [0.25, 0.3) is 16.7 Å². The van der Waals surface area contributed by atoms with E-state index in [-0.39, 0.29) is 18.2 Å². The lowest BCUT2D eigenvalue weighted by molar-refractivity contribution is -0.0510. The Labute approximate surface area is 166 Å². The zero-order valence-corrected chi connectivity index (χ0v) is 16.7. The van der Waals surface area contributed by atoms with Crippen LogP contribution in [0.2, 0.25) is 0 Å². The third-order valence-corrected chi connectivity index (χ3v) is 5.14. The summed E-state index contributed by atoms with van der Waals surface area (Å²) in [6.07, 6.45) is 2.69. The molecule has 146 valence electrons. The molecule has 28 heavy (non-hydrogen) atoms. The van der Waals surface area contributed by atoms with Gasteiger partial charge in [-0.15, -0.1) is 0 Å². The predicted molar refractivity (Wildman–Crippen MR) is 111 cm³/mol. The highest BCUT2D eigenvalue weighted by molar-refractivity contribution is 5.77. The maximum absolute atomic E-state index is 12.7. The zero-order valence-electron chi connectivity index (χ0n) is 16.7. The molecule has 1 saturated heterocycles. The van der Waals surface area contributed by atoms with E-state index in [4.69, 9.17) is 9.47 Å². The molecule has 2 aromatic rings. The van der Waals surface area contributed by atoms with Gasteiger partial charge in [0.25, 0.3) is 0 Å². The van der Waals surface area contributed by atoms with Crippen LogP contribution in [0.15, 0.2) is 60.7 Å². The Kier molecular flexibility index (Phi) is 4.98. The van der Waals surface area contributed by atoms with Crippen molar-refractivity contribution in [2.24, 2.45) is 0 Å². The van der Waals surface area contributed by atoms with Crippen LogP contribution in [-0.2, 0) is 9.47 Å². The van der Waals surface area contributed by atoms with Crippen molar-refractivity contribution in [1.82, 2.24) is 4.90 Å².